The molecule has 0 radical (unpaired) electrons. The van der Waals surface area contributed by atoms with Crippen LogP contribution in [-0.2, 0) is 0 Å². The molecule has 0 aliphatic rings. The number of hydrogen-bond acceptors (Lipinski definition) is 4. The molecular formula is C18H23N3OS. The van der Waals surface area contributed by atoms with Crippen LogP contribution in [-0.4, -0.2) is 24.2 Å². The third-order valence-electron chi connectivity index (χ3n) is 3.77. The minimum atomic E-state index is -0.101. The third-order valence-corrected chi connectivity index (χ3v) is 4.24. The molecular weight excluding hydrogens is 306 g/mol. The highest BCUT2D eigenvalue weighted by atomic mass is 32.1. The molecule has 0 spiro atoms. The maximum Gasteiger partial charge on any atom is 0.255 e. The number of nitrogens with one attached hydrogen (secondary N) is 2. The number of hydrogen-bond donors (Lipinski definition) is 4. The molecule has 0 aliphatic heterocycles. The van der Waals surface area contributed by atoms with Crippen molar-refractivity contribution in [2.24, 2.45) is 5.73 Å². The number of amides is 1. The minimum absolute atomic E-state index is 0.00785. The summed E-state index contributed by atoms with van der Waals surface area (Å²) >= 11 is 4.16. The van der Waals surface area contributed by atoms with Crippen LogP contribution in [0.3, 0.4) is 0 Å². The molecule has 0 heterocycles. The molecule has 0 unspecified atom stereocenters. The number of nitrogens with two attached hydrogens (primary N) is 1. The Morgan fingerprint density at radius 1 is 1.17 bits per heavy atom. The lowest BCUT2D eigenvalue weighted by atomic mass is 10.0. The van der Waals surface area contributed by atoms with Gasteiger partial charge in [-0.3, -0.25) is 4.79 Å². The topological polar surface area (TPSA) is 67.2 Å². The second-order valence-corrected chi connectivity index (χ2v) is 5.97. The van der Waals surface area contributed by atoms with Gasteiger partial charge in [-0.05, 0) is 49.2 Å². The Morgan fingerprint density at radius 3 is 2.61 bits per heavy atom. The normalized spacial score (nSPS) is 11.8. The molecule has 1 amide bonds. The molecule has 5 heteroatoms. The highest BCUT2D eigenvalue weighted by Crippen LogP contribution is 2.18. The fourth-order valence-electron chi connectivity index (χ4n) is 2.22. The first-order chi connectivity index (χ1) is 11.0. The molecule has 2 aromatic rings. The first-order valence-corrected chi connectivity index (χ1v) is 8.22. The van der Waals surface area contributed by atoms with Gasteiger partial charge >= 0.3 is 0 Å². The van der Waals surface area contributed by atoms with Gasteiger partial charge in [-0.2, -0.15) is 12.6 Å². The Kier molecular flexibility index (Phi) is 6.07. The molecule has 0 saturated heterocycles. The highest BCUT2D eigenvalue weighted by Gasteiger charge is 2.10. The summed E-state index contributed by atoms with van der Waals surface area (Å²) in [5, 5.41) is 6.19. The molecule has 0 fully saturated rings. The van der Waals surface area contributed by atoms with E-state index in [1.165, 1.54) is 0 Å². The number of aryl methyl sites for hydroxylation is 1. The fourth-order valence-corrected chi connectivity index (χ4v) is 2.35. The molecule has 122 valence electrons. The average molecular weight is 329 g/mol. The smallest absolute Gasteiger partial charge is 0.255 e. The van der Waals surface area contributed by atoms with E-state index in [0.717, 1.165) is 22.5 Å². The van der Waals surface area contributed by atoms with Crippen molar-refractivity contribution in [3.63, 3.8) is 0 Å². The van der Waals surface area contributed by atoms with Gasteiger partial charge in [0.2, 0.25) is 0 Å². The Morgan fingerprint density at radius 2 is 1.87 bits per heavy atom. The summed E-state index contributed by atoms with van der Waals surface area (Å²) in [6.07, 6.45) is 0. The van der Waals surface area contributed by atoms with E-state index in [-0.39, 0.29) is 11.9 Å². The minimum Gasteiger partial charge on any atom is -0.383 e. The van der Waals surface area contributed by atoms with Crippen molar-refractivity contribution >= 4 is 29.9 Å². The van der Waals surface area contributed by atoms with E-state index in [4.69, 9.17) is 5.73 Å². The predicted molar refractivity (Wildman–Crippen MR) is 101 cm³/mol. The van der Waals surface area contributed by atoms with Gasteiger partial charge in [-0.1, -0.05) is 18.2 Å². The van der Waals surface area contributed by atoms with Crippen molar-refractivity contribution < 1.29 is 4.79 Å². The summed E-state index contributed by atoms with van der Waals surface area (Å²) in [4.78, 5) is 12.4. The number of rotatable bonds is 6. The Bertz CT molecular complexity index is 688. The summed E-state index contributed by atoms with van der Waals surface area (Å²) in [6.45, 7) is 4.60. The monoisotopic (exact) mass is 329 g/mol. The largest absolute Gasteiger partial charge is 0.383 e. The van der Waals surface area contributed by atoms with E-state index in [9.17, 15) is 4.79 Å². The molecule has 1 atom stereocenters. The van der Waals surface area contributed by atoms with Crippen LogP contribution in [0.4, 0.5) is 11.4 Å². The third kappa shape index (κ3) is 4.74. The SMILES string of the molecule is Cc1cccc(C(=O)Nc2cccc(NC[C@@H](N)CS)c2)c1C. The predicted octanol–water partition coefficient (Wildman–Crippen LogP) is 3.22. The molecule has 0 bridgehead atoms. The molecule has 2 aromatic carbocycles. The molecule has 4 nitrogen and oxygen atoms in total. The van der Waals surface area contributed by atoms with Crippen LogP contribution >= 0.6 is 12.6 Å². The van der Waals surface area contributed by atoms with Crippen LogP contribution in [0.15, 0.2) is 42.5 Å². The van der Waals surface area contributed by atoms with Crippen molar-refractivity contribution in [3.8, 4) is 0 Å². The van der Waals surface area contributed by atoms with E-state index in [0.29, 0.717) is 17.9 Å². The lowest BCUT2D eigenvalue weighted by molar-refractivity contribution is 0.102. The zero-order chi connectivity index (χ0) is 16.8. The van der Waals surface area contributed by atoms with Gasteiger partial charge in [0, 0.05) is 35.3 Å². The first kappa shape index (κ1) is 17.4. The molecule has 0 aromatic heterocycles. The molecule has 0 aliphatic carbocycles. The summed E-state index contributed by atoms with van der Waals surface area (Å²) in [6, 6.07) is 13.3. The Labute approximate surface area is 142 Å². The van der Waals surface area contributed by atoms with Crippen molar-refractivity contribution in [2.45, 2.75) is 19.9 Å². The summed E-state index contributed by atoms with van der Waals surface area (Å²) in [5.74, 6) is 0.520. The van der Waals surface area contributed by atoms with Crippen LogP contribution in [0, 0.1) is 13.8 Å². The molecule has 0 saturated carbocycles. The average Bonchev–Trinajstić information content (AvgIpc) is 2.55. The van der Waals surface area contributed by atoms with E-state index in [1.54, 1.807) is 0 Å². The Hall–Kier alpha value is -1.98. The molecule has 23 heavy (non-hydrogen) atoms. The lowest BCUT2D eigenvalue weighted by Gasteiger charge is -2.13. The maximum absolute atomic E-state index is 12.4. The number of carbonyl (C=O) groups excluding carboxylic acids is 1. The number of anilines is 2. The molecule has 4 N–H and O–H groups in total. The summed E-state index contributed by atoms with van der Waals surface area (Å²) < 4.78 is 0. The van der Waals surface area contributed by atoms with Crippen LogP contribution in [0.25, 0.3) is 0 Å². The van der Waals surface area contributed by atoms with Gasteiger partial charge in [-0.25, -0.2) is 0 Å². The number of carbonyl (C=O) groups is 1. The zero-order valence-corrected chi connectivity index (χ0v) is 14.4. The van der Waals surface area contributed by atoms with Crippen LogP contribution < -0.4 is 16.4 Å². The van der Waals surface area contributed by atoms with E-state index in [1.807, 2.05) is 56.3 Å². The van der Waals surface area contributed by atoms with Crippen LogP contribution in [0.1, 0.15) is 21.5 Å². The Balaban J connectivity index is 2.08. The lowest BCUT2D eigenvalue weighted by Crippen LogP contribution is -2.30. The maximum atomic E-state index is 12.4. The van der Waals surface area contributed by atoms with Gasteiger partial charge in [0.1, 0.15) is 0 Å². The van der Waals surface area contributed by atoms with Gasteiger partial charge in [-0.15, -0.1) is 0 Å². The van der Waals surface area contributed by atoms with Gasteiger partial charge in [0.15, 0.2) is 0 Å². The van der Waals surface area contributed by atoms with Gasteiger partial charge < -0.3 is 16.4 Å². The first-order valence-electron chi connectivity index (χ1n) is 7.59. The number of thiol groups is 1. The fraction of sp³-hybridized carbons (Fsp3) is 0.278. The van der Waals surface area contributed by atoms with Crippen LogP contribution in [0.5, 0.6) is 0 Å². The van der Waals surface area contributed by atoms with E-state index in [2.05, 4.69) is 23.3 Å². The molecule has 2 rings (SSSR count). The standard InChI is InChI=1S/C18H23N3OS/c1-12-5-3-8-17(13(12)2)18(22)21-16-7-4-6-15(9-16)20-10-14(19)11-23/h3-9,14,20,23H,10-11,19H2,1-2H3,(H,21,22)/t14-/m1/s1. The summed E-state index contributed by atoms with van der Waals surface area (Å²) in [5.41, 5.74) is 10.3. The second kappa shape index (κ2) is 8.04. The van der Waals surface area contributed by atoms with Crippen LogP contribution in [0.2, 0.25) is 0 Å². The van der Waals surface area contributed by atoms with Gasteiger partial charge in [0.05, 0.1) is 0 Å². The second-order valence-electron chi connectivity index (χ2n) is 5.61. The van der Waals surface area contributed by atoms with Gasteiger partial charge in [0.25, 0.3) is 5.91 Å². The zero-order valence-electron chi connectivity index (χ0n) is 13.5. The number of benzene rings is 2. The van der Waals surface area contributed by atoms with Crippen molar-refractivity contribution in [1.82, 2.24) is 0 Å². The van der Waals surface area contributed by atoms with E-state index >= 15 is 0 Å². The van der Waals surface area contributed by atoms with Crippen molar-refractivity contribution in [2.75, 3.05) is 22.9 Å². The van der Waals surface area contributed by atoms with E-state index < -0.39 is 0 Å². The quantitative estimate of drug-likeness (QED) is 0.615. The van der Waals surface area contributed by atoms with Crippen molar-refractivity contribution in [1.29, 1.82) is 0 Å². The highest BCUT2D eigenvalue weighted by molar-refractivity contribution is 7.80. The van der Waals surface area contributed by atoms with Crippen molar-refractivity contribution in [3.05, 3.63) is 59.2 Å². The summed E-state index contributed by atoms with van der Waals surface area (Å²) in [7, 11) is 0.